The van der Waals surface area contributed by atoms with E-state index in [1.807, 2.05) is 12.1 Å². The van der Waals surface area contributed by atoms with Crippen molar-refractivity contribution in [3.05, 3.63) is 28.2 Å². The fraction of sp³-hybridized carbons (Fsp3) is 0.375. The van der Waals surface area contributed by atoms with Crippen LogP contribution in [0.15, 0.2) is 27.8 Å². The molecule has 122 valence electrons. The van der Waals surface area contributed by atoms with Crippen LogP contribution in [0.3, 0.4) is 0 Å². The number of terminal acetylenes is 1. The second-order valence-electron chi connectivity index (χ2n) is 5.01. The fourth-order valence-corrected chi connectivity index (χ4v) is 2.63. The number of rotatable bonds is 6. The fourth-order valence-electron chi connectivity index (χ4n) is 2.12. The van der Waals surface area contributed by atoms with Crippen LogP contribution in [-0.2, 0) is 9.53 Å². The third kappa shape index (κ3) is 6.02. The molecule has 0 saturated carbocycles. The maximum absolute atomic E-state index is 11.8. The van der Waals surface area contributed by atoms with Crippen molar-refractivity contribution >= 4 is 28.1 Å². The van der Waals surface area contributed by atoms with Gasteiger partial charge < -0.3 is 14.4 Å². The summed E-state index contributed by atoms with van der Waals surface area (Å²) in [4.78, 5) is 13.0. The molecule has 1 aliphatic heterocycles. The highest BCUT2D eigenvalue weighted by molar-refractivity contribution is 9.10. The van der Waals surface area contributed by atoms with Crippen LogP contribution in [0.1, 0.15) is 5.56 Å². The molecular formula is C16H19BrN3O3+. The number of carbonyl (C=O) groups is 1. The normalized spacial score (nSPS) is 15.3. The molecule has 0 aliphatic carbocycles. The maximum atomic E-state index is 11.8. The molecule has 0 bridgehead atoms. The third-order valence-corrected chi connectivity index (χ3v) is 3.90. The maximum Gasteiger partial charge on any atom is 0.295 e. The largest absolute Gasteiger partial charge is 0.480 e. The number of nitrogens with one attached hydrogen (secondary N) is 2. The quantitative estimate of drug-likeness (QED) is 0.409. The Balaban J connectivity index is 1.81. The first kappa shape index (κ1) is 17.5. The van der Waals surface area contributed by atoms with E-state index in [0.29, 0.717) is 25.5 Å². The summed E-state index contributed by atoms with van der Waals surface area (Å²) in [5.74, 6) is 2.97. The summed E-state index contributed by atoms with van der Waals surface area (Å²) in [5, 5.41) is 3.98. The molecule has 1 aromatic carbocycles. The van der Waals surface area contributed by atoms with Gasteiger partial charge in [0.2, 0.25) is 0 Å². The molecule has 0 atom stereocenters. The van der Waals surface area contributed by atoms with Gasteiger partial charge in [0.1, 0.15) is 25.4 Å². The molecule has 1 fully saturated rings. The molecule has 2 N–H and O–H groups in total. The molecule has 1 aromatic rings. The summed E-state index contributed by atoms with van der Waals surface area (Å²) in [7, 11) is 0. The first-order valence-corrected chi connectivity index (χ1v) is 8.07. The summed E-state index contributed by atoms with van der Waals surface area (Å²) in [6.45, 7) is 3.73. The Labute approximate surface area is 144 Å². The van der Waals surface area contributed by atoms with Gasteiger partial charge in [0.25, 0.3) is 5.91 Å². The van der Waals surface area contributed by atoms with Gasteiger partial charge >= 0.3 is 0 Å². The molecule has 6 nitrogen and oxygen atoms in total. The van der Waals surface area contributed by atoms with E-state index in [2.05, 4.69) is 32.4 Å². The molecule has 0 spiro atoms. The van der Waals surface area contributed by atoms with Crippen molar-refractivity contribution in [2.75, 3.05) is 39.5 Å². The van der Waals surface area contributed by atoms with Gasteiger partial charge in [0.15, 0.2) is 6.54 Å². The van der Waals surface area contributed by atoms with Crippen LogP contribution in [0.2, 0.25) is 0 Å². The molecule has 1 aliphatic rings. The Morgan fingerprint density at radius 2 is 2.30 bits per heavy atom. The van der Waals surface area contributed by atoms with Crippen LogP contribution in [0.25, 0.3) is 0 Å². The van der Waals surface area contributed by atoms with Gasteiger partial charge in [-0.15, -0.1) is 6.42 Å². The number of nitrogens with zero attached hydrogens (tertiary/aromatic N) is 1. The number of morpholine rings is 1. The summed E-state index contributed by atoms with van der Waals surface area (Å²) in [5.41, 5.74) is 3.38. The first-order valence-electron chi connectivity index (χ1n) is 7.28. The minimum atomic E-state index is -0.105. The minimum absolute atomic E-state index is 0.105. The zero-order chi connectivity index (χ0) is 16.5. The highest BCUT2D eigenvalue weighted by Crippen LogP contribution is 2.25. The average molecular weight is 381 g/mol. The lowest BCUT2D eigenvalue weighted by atomic mass is 10.2. The SMILES string of the molecule is C#CCOc1ccc(/C=N\NC(=O)C[NH+]2CCOCC2)cc1Br. The van der Waals surface area contributed by atoms with Crippen LogP contribution in [0.4, 0.5) is 0 Å². The predicted molar refractivity (Wildman–Crippen MR) is 90.6 cm³/mol. The molecule has 7 heteroatoms. The molecule has 0 radical (unpaired) electrons. The van der Waals surface area contributed by atoms with E-state index in [1.165, 1.54) is 4.90 Å². The highest BCUT2D eigenvalue weighted by atomic mass is 79.9. The monoisotopic (exact) mass is 380 g/mol. The van der Waals surface area contributed by atoms with Crippen LogP contribution < -0.4 is 15.1 Å². The van der Waals surface area contributed by atoms with Gasteiger partial charge in [-0.05, 0) is 39.7 Å². The molecule has 0 aromatic heterocycles. The van der Waals surface area contributed by atoms with Crippen molar-refractivity contribution < 1.29 is 19.2 Å². The molecule has 1 saturated heterocycles. The van der Waals surface area contributed by atoms with E-state index >= 15 is 0 Å². The number of amides is 1. The summed E-state index contributed by atoms with van der Waals surface area (Å²) >= 11 is 3.41. The van der Waals surface area contributed by atoms with Gasteiger partial charge in [0.05, 0.1) is 23.9 Å². The molecule has 0 unspecified atom stereocenters. The Morgan fingerprint density at radius 3 is 3.00 bits per heavy atom. The van der Waals surface area contributed by atoms with Crippen molar-refractivity contribution in [3.63, 3.8) is 0 Å². The number of hydrogen-bond acceptors (Lipinski definition) is 4. The van der Waals surface area contributed by atoms with E-state index in [-0.39, 0.29) is 12.5 Å². The predicted octanol–water partition coefficient (Wildman–Crippen LogP) is -0.174. The van der Waals surface area contributed by atoms with Crippen LogP contribution in [-0.4, -0.2) is 51.6 Å². The Kier molecular flexibility index (Phi) is 7.07. The van der Waals surface area contributed by atoms with Gasteiger partial charge in [-0.25, -0.2) is 5.43 Å². The first-order chi connectivity index (χ1) is 11.2. The number of carbonyl (C=O) groups excluding carboxylic acids is 1. The van der Waals surface area contributed by atoms with E-state index < -0.39 is 0 Å². The zero-order valence-corrected chi connectivity index (χ0v) is 14.3. The molecule has 1 heterocycles. The Bertz CT molecular complexity index is 607. The lowest BCUT2D eigenvalue weighted by molar-refractivity contribution is -0.900. The second kappa shape index (κ2) is 9.30. The third-order valence-electron chi connectivity index (χ3n) is 3.28. The topological polar surface area (TPSA) is 64.4 Å². The number of benzene rings is 1. The minimum Gasteiger partial charge on any atom is -0.480 e. The van der Waals surface area contributed by atoms with Crippen molar-refractivity contribution in [2.45, 2.75) is 0 Å². The van der Waals surface area contributed by atoms with Gasteiger partial charge in [-0.2, -0.15) is 5.10 Å². The Morgan fingerprint density at radius 1 is 1.52 bits per heavy atom. The van der Waals surface area contributed by atoms with Gasteiger partial charge in [-0.3, -0.25) is 4.79 Å². The highest BCUT2D eigenvalue weighted by Gasteiger charge is 2.16. The summed E-state index contributed by atoms with van der Waals surface area (Å²) in [6.07, 6.45) is 6.74. The van der Waals surface area contributed by atoms with Gasteiger partial charge in [-0.1, -0.05) is 5.92 Å². The van der Waals surface area contributed by atoms with E-state index in [4.69, 9.17) is 15.9 Å². The molecular weight excluding hydrogens is 362 g/mol. The number of hydrogen-bond donors (Lipinski definition) is 2. The molecule has 2 rings (SSSR count). The van der Waals surface area contributed by atoms with Crippen LogP contribution >= 0.6 is 15.9 Å². The number of ether oxygens (including phenoxy) is 2. The van der Waals surface area contributed by atoms with E-state index in [1.54, 1.807) is 12.3 Å². The van der Waals surface area contributed by atoms with Gasteiger partial charge in [0, 0.05) is 0 Å². The van der Waals surface area contributed by atoms with Crippen LogP contribution in [0.5, 0.6) is 5.75 Å². The lowest BCUT2D eigenvalue weighted by Crippen LogP contribution is -3.15. The summed E-state index contributed by atoms with van der Waals surface area (Å²) in [6, 6.07) is 5.47. The summed E-state index contributed by atoms with van der Waals surface area (Å²) < 4.78 is 11.4. The standard InChI is InChI=1S/C16H18BrN3O3/c1-2-7-23-15-4-3-13(10-14(15)17)11-18-19-16(21)12-20-5-8-22-9-6-20/h1,3-4,10-11H,5-9,12H2,(H,19,21)/p+1/b18-11-. The second-order valence-corrected chi connectivity index (χ2v) is 5.87. The smallest absolute Gasteiger partial charge is 0.295 e. The molecule has 1 amide bonds. The lowest BCUT2D eigenvalue weighted by Gasteiger charge is -2.22. The zero-order valence-electron chi connectivity index (χ0n) is 12.7. The van der Waals surface area contributed by atoms with Crippen molar-refractivity contribution in [1.82, 2.24) is 5.43 Å². The van der Waals surface area contributed by atoms with Crippen molar-refractivity contribution in [1.29, 1.82) is 0 Å². The van der Waals surface area contributed by atoms with Crippen molar-refractivity contribution in [3.8, 4) is 18.1 Å². The number of quaternary nitrogens is 1. The Hall–Kier alpha value is -1.88. The number of halogens is 1. The van der Waals surface area contributed by atoms with E-state index in [0.717, 1.165) is 23.1 Å². The number of hydrazone groups is 1. The van der Waals surface area contributed by atoms with E-state index in [9.17, 15) is 4.79 Å². The average Bonchev–Trinajstić information content (AvgIpc) is 2.55. The molecule has 23 heavy (non-hydrogen) atoms. The van der Waals surface area contributed by atoms with Crippen molar-refractivity contribution in [2.24, 2.45) is 5.10 Å². The van der Waals surface area contributed by atoms with Crippen LogP contribution in [0, 0.1) is 12.3 Å².